The summed E-state index contributed by atoms with van der Waals surface area (Å²) in [5.74, 6) is -0.474. The average Bonchev–Trinajstić information content (AvgIpc) is 3.64. The van der Waals surface area contributed by atoms with E-state index in [0.29, 0.717) is 24.7 Å². The van der Waals surface area contributed by atoms with E-state index in [1.807, 2.05) is 4.90 Å². The number of fused-ring (bicyclic) bond motifs is 2. The number of benzene rings is 1. The molecule has 14 heteroatoms. The van der Waals surface area contributed by atoms with Crippen LogP contribution in [-0.2, 0) is 11.3 Å². The van der Waals surface area contributed by atoms with E-state index in [0.717, 1.165) is 19.4 Å². The molecule has 2 atom stereocenters. The van der Waals surface area contributed by atoms with Crippen molar-refractivity contribution in [1.29, 1.82) is 0 Å². The minimum absolute atomic E-state index is 0.0771. The lowest BCUT2D eigenvalue weighted by Gasteiger charge is -2.45. The Bertz CT molecular complexity index is 1660. The van der Waals surface area contributed by atoms with Gasteiger partial charge in [0.15, 0.2) is 5.65 Å². The maximum Gasteiger partial charge on any atom is 0.387 e. The van der Waals surface area contributed by atoms with Crippen molar-refractivity contribution in [2.45, 2.75) is 38.5 Å². The number of amides is 2. The highest BCUT2D eigenvalue weighted by Crippen LogP contribution is 2.40. The first-order valence-electron chi connectivity index (χ1n) is 13.5. The van der Waals surface area contributed by atoms with E-state index in [-0.39, 0.29) is 51.3 Å². The van der Waals surface area contributed by atoms with Crippen molar-refractivity contribution in [3.05, 3.63) is 59.6 Å². The van der Waals surface area contributed by atoms with Crippen LogP contribution in [0.25, 0.3) is 16.9 Å². The zero-order chi connectivity index (χ0) is 29.6. The van der Waals surface area contributed by atoms with Crippen LogP contribution >= 0.6 is 11.6 Å². The second kappa shape index (κ2) is 11.0. The minimum Gasteiger partial charge on any atom is -0.434 e. The van der Waals surface area contributed by atoms with Crippen LogP contribution < -0.4 is 10.1 Å². The van der Waals surface area contributed by atoms with E-state index in [1.165, 1.54) is 46.0 Å². The third-order valence-corrected chi connectivity index (χ3v) is 8.72. The third-order valence-electron chi connectivity index (χ3n) is 8.49. The molecule has 0 radical (unpaired) electrons. The zero-order valence-corrected chi connectivity index (χ0v) is 23.8. The average molecular weight is 599 g/mol. The molecule has 4 aromatic rings. The van der Waals surface area contributed by atoms with E-state index < -0.39 is 12.5 Å². The smallest absolute Gasteiger partial charge is 0.387 e. The highest BCUT2D eigenvalue weighted by molar-refractivity contribution is 6.31. The number of piperidine rings is 1. The minimum atomic E-state index is -3.10. The molecule has 0 spiro atoms. The van der Waals surface area contributed by atoms with Crippen molar-refractivity contribution in [2.24, 2.45) is 5.92 Å². The molecule has 1 unspecified atom stereocenters. The highest BCUT2D eigenvalue weighted by Gasteiger charge is 2.46. The molecule has 11 nitrogen and oxygen atoms in total. The first kappa shape index (κ1) is 28.0. The van der Waals surface area contributed by atoms with Crippen LogP contribution in [0.3, 0.4) is 0 Å². The number of nitrogens with zero attached hydrogens (tertiary/aromatic N) is 7. The molecule has 6 rings (SSSR count). The molecule has 2 aliphatic rings. The number of carbonyl (C=O) groups excluding carboxylic acids is 2. The monoisotopic (exact) mass is 598 g/mol. The van der Waals surface area contributed by atoms with Crippen LogP contribution in [0.5, 0.6) is 5.75 Å². The lowest BCUT2D eigenvalue weighted by Crippen LogP contribution is -2.55. The maximum atomic E-state index is 13.4. The lowest BCUT2D eigenvalue weighted by atomic mass is 9.80. The standard InChI is InChI=1S/C28H29ClF2N8O3/c1-28-7-11-37(14-17(28)6-10-36(28)2)23(40)16-38-15-21(34-26(41)20-13-33-39-9-3-8-32-25(20)39)24(35-38)19-12-18(29)4-5-22(19)42-27(30)31/h3-5,8-9,12-13,15,17,27H,6-7,10-11,14,16H2,1-2H3,(H,34,41)/t17?,28-/m1/s1. The second-order valence-corrected chi connectivity index (χ2v) is 11.3. The van der Waals surface area contributed by atoms with Crippen molar-refractivity contribution in [1.82, 2.24) is 34.2 Å². The van der Waals surface area contributed by atoms with Gasteiger partial charge in [0.25, 0.3) is 5.91 Å². The molecule has 2 saturated heterocycles. The largest absolute Gasteiger partial charge is 0.434 e. The number of rotatable bonds is 7. The zero-order valence-electron chi connectivity index (χ0n) is 23.0. The molecule has 1 N–H and O–H groups in total. The van der Waals surface area contributed by atoms with Gasteiger partial charge in [0.2, 0.25) is 5.91 Å². The maximum absolute atomic E-state index is 13.4. The van der Waals surface area contributed by atoms with Gasteiger partial charge < -0.3 is 19.9 Å². The second-order valence-electron chi connectivity index (χ2n) is 10.9. The molecular formula is C28H29ClF2N8O3. The Morgan fingerprint density at radius 2 is 2.12 bits per heavy atom. The number of likely N-dealkylation sites (tertiary alicyclic amines) is 2. The summed E-state index contributed by atoms with van der Waals surface area (Å²) in [6, 6.07) is 5.82. The summed E-state index contributed by atoms with van der Waals surface area (Å²) in [5.41, 5.74) is 1.02. The van der Waals surface area contributed by atoms with Gasteiger partial charge in [0, 0.05) is 47.8 Å². The van der Waals surface area contributed by atoms with Gasteiger partial charge in [-0.05, 0) is 63.5 Å². The van der Waals surface area contributed by atoms with Crippen molar-refractivity contribution in [3.8, 4) is 17.0 Å². The van der Waals surface area contributed by atoms with Crippen molar-refractivity contribution >= 4 is 34.7 Å². The molecule has 42 heavy (non-hydrogen) atoms. The van der Waals surface area contributed by atoms with Crippen molar-refractivity contribution in [3.63, 3.8) is 0 Å². The van der Waals surface area contributed by atoms with Gasteiger partial charge in [-0.15, -0.1) is 0 Å². The van der Waals surface area contributed by atoms with Crippen LogP contribution in [0.2, 0.25) is 5.02 Å². The summed E-state index contributed by atoms with van der Waals surface area (Å²) in [5, 5.41) is 11.7. The van der Waals surface area contributed by atoms with Crippen LogP contribution in [-0.4, -0.2) is 84.8 Å². The fourth-order valence-electron chi connectivity index (χ4n) is 5.95. The van der Waals surface area contributed by atoms with Gasteiger partial charge in [0.1, 0.15) is 23.6 Å². The van der Waals surface area contributed by atoms with Gasteiger partial charge in [-0.25, -0.2) is 9.50 Å². The number of hydrogen-bond donors (Lipinski definition) is 1. The number of carbonyl (C=O) groups is 2. The van der Waals surface area contributed by atoms with Crippen LogP contribution in [0.4, 0.5) is 14.5 Å². The fourth-order valence-corrected chi connectivity index (χ4v) is 6.12. The number of ether oxygens (including phenoxy) is 1. The molecule has 2 amide bonds. The molecule has 0 bridgehead atoms. The Labute approximate surface area is 245 Å². The van der Waals surface area contributed by atoms with E-state index in [1.54, 1.807) is 12.3 Å². The summed E-state index contributed by atoms with van der Waals surface area (Å²) in [7, 11) is 2.13. The summed E-state index contributed by atoms with van der Waals surface area (Å²) in [6.45, 7) is 1.32. The number of aromatic nitrogens is 5. The predicted molar refractivity (Wildman–Crippen MR) is 151 cm³/mol. The molecule has 1 aromatic carbocycles. The quantitative estimate of drug-likeness (QED) is 0.342. The molecule has 0 saturated carbocycles. The molecule has 5 heterocycles. The Kier molecular flexibility index (Phi) is 7.31. The molecule has 0 aliphatic carbocycles. The Morgan fingerprint density at radius 3 is 2.93 bits per heavy atom. The molecule has 2 aliphatic heterocycles. The van der Waals surface area contributed by atoms with Gasteiger partial charge in [-0.3, -0.25) is 14.3 Å². The number of halogens is 3. The summed E-state index contributed by atoms with van der Waals surface area (Å²) in [6.07, 6.45) is 7.96. The van der Waals surface area contributed by atoms with Crippen LogP contribution in [0.15, 0.2) is 49.1 Å². The van der Waals surface area contributed by atoms with Crippen LogP contribution in [0, 0.1) is 5.92 Å². The first-order valence-corrected chi connectivity index (χ1v) is 13.9. The fraction of sp³-hybridized carbons (Fsp3) is 0.393. The lowest BCUT2D eigenvalue weighted by molar-refractivity contribution is -0.135. The third kappa shape index (κ3) is 5.18. The predicted octanol–water partition coefficient (Wildman–Crippen LogP) is 4.04. The van der Waals surface area contributed by atoms with E-state index in [9.17, 15) is 18.4 Å². The Morgan fingerprint density at radius 1 is 1.29 bits per heavy atom. The van der Waals surface area contributed by atoms with Gasteiger partial charge in [-0.1, -0.05) is 11.6 Å². The SMILES string of the molecule is CN1CCC2CN(C(=O)Cn3cc(NC(=O)c4cnn5cccnc45)c(-c4cc(Cl)ccc4OC(F)F)n3)CC[C@]21C. The number of nitrogens with one attached hydrogen (secondary N) is 1. The van der Waals surface area contributed by atoms with E-state index >= 15 is 0 Å². The number of alkyl halides is 2. The van der Waals surface area contributed by atoms with Gasteiger partial charge in [0.05, 0.1) is 11.9 Å². The number of anilines is 1. The van der Waals surface area contributed by atoms with E-state index in [4.69, 9.17) is 16.3 Å². The molecular weight excluding hydrogens is 570 g/mol. The van der Waals surface area contributed by atoms with Crippen molar-refractivity contribution in [2.75, 3.05) is 32.0 Å². The molecule has 220 valence electrons. The van der Waals surface area contributed by atoms with Crippen LogP contribution in [0.1, 0.15) is 30.1 Å². The van der Waals surface area contributed by atoms with Gasteiger partial charge >= 0.3 is 6.61 Å². The van der Waals surface area contributed by atoms with Gasteiger partial charge in [-0.2, -0.15) is 19.0 Å². The normalized spacial score (nSPS) is 20.7. The van der Waals surface area contributed by atoms with Crippen molar-refractivity contribution < 1.29 is 23.1 Å². The Balaban J connectivity index is 1.31. The topological polar surface area (TPSA) is 110 Å². The summed E-state index contributed by atoms with van der Waals surface area (Å²) < 4.78 is 34.1. The van der Waals surface area contributed by atoms with E-state index in [2.05, 4.69) is 39.4 Å². The highest BCUT2D eigenvalue weighted by atomic mass is 35.5. The first-order chi connectivity index (χ1) is 20.1. The molecule has 3 aromatic heterocycles. The number of hydrogen-bond acceptors (Lipinski definition) is 7. The summed E-state index contributed by atoms with van der Waals surface area (Å²) >= 11 is 6.22. The summed E-state index contributed by atoms with van der Waals surface area (Å²) in [4.78, 5) is 35.2. The molecule has 2 fully saturated rings. The Hall–Kier alpha value is -4.10.